The summed E-state index contributed by atoms with van der Waals surface area (Å²) in [6, 6.07) is 4.73. The van der Waals surface area contributed by atoms with Crippen molar-refractivity contribution in [2.24, 2.45) is 5.10 Å². The lowest BCUT2D eigenvalue weighted by Gasteiger charge is -2.37. The number of benzene rings is 1. The largest absolute Gasteiger partial charge is 0.483 e. The molecule has 3 heterocycles. The number of hydrogen-bond acceptors (Lipinski definition) is 6. The van der Waals surface area contributed by atoms with E-state index in [0.717, 1.165) is 30.2 Å². The summed E-state index contributed by atoms with van der Waals surface area (Å²) < 4.78 is 5.95. The van der Waals surface area contributed by atoms with Gasteiger partial charge in [-0.25, -0.2) is 5.43 Å². The third-order valence-electron chi connectivity index (χ3n) is 5.18. The lowest BCUT2D eigenvalue weighted by molar-refractivity contribution is -0.117. The van der Waals surface area contributed by atoms with Crippen LogP contribution in [0.3, 0.4) is 0 Å². The van der Waals surface area contributed by atoms with Crippen LogP contribution in [0.2, 0.25) is 0 Å². The van der Waals surface area contributed by atoms with E-state index in [1.165, 1.54) is 18.4 Å². The van der Waals surface area contributed by atoms with Gasteiger partial charge in [-0.05, 0) is 43.4 Å². The highest BCUT2D eigenvalue weighted by molar-refractivity contribution is 6.15. The predicted octanol–water partition coefficient (Wildman–Crippen LogP) is 1.49. The van der Waals surface area contributed by atoms with Gasteiger partial charge in [-0.3, -0.25) is 9.69 Å². The highest BCUT2D eigenvalue weighted by Crippen LogP contribution is 2.48. The quantitative estimate of drug-likeness (QED) is 0.728. The molecule has 1 aromatic carbocycles. The van der Waals surface area contributed by atoms with Gasteiger partial charge in [0.25, 0.3) is 5.91 Å². The molecule has 7 heteroatoms. The van der Waals surface area contributed by atoms with Crippen LogP contribution in [-0.2, 0) is 4.79 Å². The molecular formula is C18H21N5O2. The minimum absolute atomic E-state index is 0.192. The molecule has 1 aromatic rings. The van der Waals surface area contributed by atoms with E-state index in [1.54, 1.807) is 0 Å². The van der Waals surface area contributed by atoms with Crippen molar-refractivity contribution in [2.45, 2.75) is 31.7 Å². The fraction of sp³-hybridized carbons (Fsp3) is 0.444. The second-order valence-electron chi connectivity index (χ2n) is 6.95. The molecule has 0 aromatic heterocycles. The van der Waals surface area contributed by atoms with Gasteiger partial charge in [0.2, 0.25) is 0 Å². The van der Waals surface area contributed by atoms with Crippen LogP contribution in [0.15, 0.2) is 29.0 Å². The predicted molar refractivity (Wildman–Crippen MR) is 96.0 cm³/mol. The molecule has 3 N–H and O–H groups in total. The zero-order valence-electron chi connectivity index (χ0n) is 14.1. The maximum Gasteiger partial charge on any atom is 0.288 e. The highest BCUT2D eigenvalue weighted by atomic mass is 16.5. The summed E-state index contributed by atoms with van der Waals surface area (Å²) in [5.41, 5.74) is 6.50. The van der Waals surface area contributed by atoms with Gasteiger partial charge >= 0.3 is 0 Å². The smallest absolute Gasteiger partial charge is 0.288 e. The van der Waals surface area contributed by atoms with Crippen LogP contribution >= 0.6 is 0 Å². The molecule has 0 bridgehead atoms. The van der Waals surface area contributed by atoms with Crippen LogP contribution in [0.4, 0.5) is 11.4 Å². The summed E-state index contributed by atoms with van der Waals surface area (Å²) >= 11 is 0. The minimum atomic E-state index is -0.192. The second kappa shape index (κ2) is 5.49. The lowest BCUT2D eigenvalue weighted by Crippen LogP contribution is -2.51. The number of anilines is 2. The fourth-order valence-electron chi connectivity index (χ4n) is 3.57. The van der Waals surface area contributed by atoms with Gasteiger partial charge in [-0.2, -0.15) is 5.10 Å². The van der Waals surface area contributed by atoms with E-state index in [-0.39, 0.29) is 5.91 Å². The molecule has 5 rings (SSSR count). The maximum atomic E-state index is 12.2. The summed E-state index contributed by atoms with van der Waals surface area (Å²) in [5, 5.41) is 11.1. The van der Waals surface area contributed by atoms with E-state index in [0.29, 0.717) is 30.1 Å². The number of carbonyl (C=O) groups excluding carboxylic acids is 1. The third kappa shape index (κ3) is 2.38. The van der Waals surface area contributed by atoms with E-state index in [2.05, 4.69) is 33.3 Å². The average molecular weight is 339 g/mol. The molecular weight excluding hydrogens is 318 g/mol. The number of rotatable bonds is 3. The fourth-order valence-corrected chi connectivity index (χ4v) is 3.57. The first-order valence-electron chi connectivity index (χ1n) is 8.86. The Kier molecular flexibility index (Phi) is 3.24. The normalized spacial score (nSPS) is 23.9. The molecule has 2 fully saturated rings. The van der Waals surface area contributed by atoms with Crippen LogP contribution < -0.4 is 25.7 Å². The number of nitrogens with one attached hydrogen (secondary N) is 3. The Morgan fingerprint density at radius 1 is 1.36 bits per heavy atom. The van der Waals surface area contributed by atoms with Gasteiger partial charge < -0.3 is 15.4 Å². The Hall–Kier alpha value is -2.54. The molecule has 0 unspecified atom stereocenters. The first-order valence-corrected chi connectivity index (χ1v) is 8.86. The van der Waals surface area contributed by atoms with E-state index >= 15 is 0 Å². The zero-order valence-corrected chi connectivity index (χ0v) is 14.1. The topological polar surface area (TPSA) is 78.0 Å². The number of allylic oxidation sites excluding steroid dienone is 1. The standard InChI is InChI=1S/C18H21N5O2/c1-2-14-18(24)22-21-17-9-25-16-5-12(10-3-4-10)13(6-15(16)23(14)17)20-11-7-19-8-11/h2,5-6,10-11,19-20H,3-4,7-9H2,1H3,(H,22,24)/b14-2+. The van der Waals surface area contributed by atoms with E-state index in [1.807, 2.05) is 17.9 Å². The number of hydrogen-bond donors (Lipinski definition) is 3. The summed E-state index contributed by atoms with van der Waals surface area (Å²) in [6.07, 6.45) is 4.28. The van der Waals surface area contributed by atoms with E-state index < -0.39 is 0 Å². The molecule has 1 amide bonds. The molecule has 0 radical (unpaired) electrons. The van der Waals surface area contributed by atoms with Gasteiger partial charge in [0.05, 0.1) is 11.7 Å². The number of fused-ring (bicyclic) bond motifs is 3. The van der Waals surface area contributed by atoms with Crippen molar-refractivity contribution in [2.75, 3.05) is 29.9 Å². The van der Waals surface area contributed by atoms with Crippen LogP contribution in [0.5, 0.6) is 5.75 Å². The van der Waals surface area contributed by atoms with Crippen LogP contribution in [0.25, 0.3) is 0 Å². The van der Waals surface area contributed by atoms with Crippen LogP contribution in [0, 0.1) is 0 Å². The Morgan fingerprint density at radius 3 is 2.88 bits per heavy atom. The molecule has 4 aliphatic rings. The van der Waals surface area contributed by atoms with Crippen LogP contribution in [-0.4, -0.2) is 37.5 Å². The van der Waals surface area contributed by atoms with Crippen molar-refractivity contribution in [3.8, 4) is 5.75 Å². The molecule has 1 aliphatic carbocycles. The molecule has 7 nitrogen and oxygen atoms in total. The summed E-state index contributed by atoms with van der Waals surface area (Å²) in [4.78, 5) is 14.1. The Labute approximate surface area is 146 Å². The molecule has 0 atom stereocenters. The summed E-state index contributed by atoms with van der Waals surface area (Å²) in [6.45, 7) is 4.19. The first kappa shape index (κ1) is 14.8. The van der Waals surface area contributed by atoms with E-state index in [4.69, 9.17) is 4.74 Å². The third-order valence-corrected chi connectivity index (χ3v) is 5.18. The van der Waals surface area contributed by atoms with Gasteiger partial charge in [0.1, 0.15) is 18.1 Å². The zero-order chi connectivity index (χ0) is 17.0. The monoisotopic (exact) mass is 339 g/mol. The van der Waals surface area contributed by atoms with Gasteiger partial charge in [-0.15, -0.1) is 0 Å². The molecule has 1 saturated heterocycles. The Morgan fingerprint density at radius 2 is 2.20 bits per heavy atom. The first-order chi connectivity index (χ1) is 12.2. The van der Waals surface area contributed by atoms with Crippen molar-refractivity contribution in [3.05, 3.63) is 29.5 Å². The molecule has 130 valence electrons. The van der Waals surface area contributed by atoms with E-state index in [9.17, 15) is 4.79 Å². The molecule has 1 saturated carbocycles. The lowest BCUT2D eigenvalue weighted by atomic mass is 10.0. The highest BCUT2D eigenvalue weighted by Gasteiger charge is 2.36. The minimum Gasteiger partial charge on any atom is -0.483 e. The number of amides is 1. The van der Waals surface area contributed by atoms with Gasteiger partial charge in [0.15, 0.2) is 5.84 Å². The summed E-state index contributed by atoms with van der Waals surface area (Å²) in [7, 11) is 0. The maximum absolute atomic E-state index is 12.2. The SMILES string of the molecule is C/C=C1\C(=O)NN=C2COc3cc(C4CC4)c(NC4CNC4)cc3N21. The Bertz CT molecular complexity index is 808. The number of carbonyl (C=O) groups is 1. The number of ether oxygens (including phenoxy) is 1. The van der Waals surface area contributed by atoms with Crippen molar-refractivity contribution < 1.29 is 9.53 Å². The second-order valence-corrected chi connectivity index (χ2v) is 6.95. The van der Waals surface area contributed by atoms with Crippen molar-refractivity contribution in [3.63, 3.8) is 0 Å². The average Bonchev–Trinajstić information content (AvgIpc) is 3.42. The number of nitrogens with zero attached hydrogens (tertiary/aromatic N) is 2. The Balaban J connectivity index is 1.61. The number of hydrazone groups is 1. The van der Waals surface area contributed by atoms with Crippen molar-refractivity contribution >= 4 is 23.1 Å². The number of amidine groups is 1. The van der Waals surface area contributed by atoms with Gasteiger partial charge in [0, 0.05) is 18.8 Å². The van der Waals surface area contributed by atoms with Crippen molar-refractivity contribution in [1.82, 2.24) is 10.7 Å². The van der Waals surface area contributed by atoms with Gasteiger partial charge in [-0.1, -0.05) is 6.08 Å². The molecule has 0 spiro atoms. The summed E-state index contributed by atoms with van der Waals surface area (Å²) in [5.74, 6) is 1.95. The van der Waals surface area contributed by atoms with Crippen LogP contribution in [0.1, 0.15) is 31.2 Å². The molecule has 25 heavy (non-hydrogen) atoms. The van der Waals surface area contributed by atoms with Crippen molar-refractivity contribution in [1.29, 1.82) is 0 Å². The molecule has 3 aliphatic heterocycles.